The van der Waals surface area contributed by atoms with Crippen LogP contribution in [0.25, 0.3) is 10.9 Å². The van der Waals surface area contributed by atoms with Crippen LogP contribution in [0.2, 0.25) is 0 Å². The van der Waals surface area contributed by atoms with Crippen LogP contribution in [-0.2, 0) is 9.53 Å². The van der Waals surface area contributed by atoms with Crippen molar-refractivity contribution in [2.45, 2.75) is 46.1 Å². The van der Waals surface area contributed by atoms with E-state index >= 15 is 0 Å². The van der Waals surface area contributed by atoms with Crippen molar-refractivity contribution < 1.29 is 14.3 Å². The number of nitrogens with zero attached hydrogens (tertiary/aromatic N) is 1. The summed E-state index contributed by atoms with van der Waals surface area (Å²) >= 11 is 0. The maximum absolute atomic E-state index is 12.5. The molecule has 1 aromatic carbocycles. The largest absolute Gasteiger partial charge is 0.443 e. The minimum Gasteiger partial charge on any atom is -0.443 e. The van der Waals surface area contributed by atoms with E-state index in [0.29, 0.717) is 5.69 Å². The molecule has 0 aliphatic carbocycles. The van der Waals surface area contributed by atoms with Gasteiger partial charge in [0.15, 0.2) is 0 Å². The van der Waals surface area contributed by atoms with Gasteiger partial charge in [0.05, 0.1) is 11.4 Å². The predicted molar refractivity (Wildman–Crippen MR) is 82.7 cm³/mol. The first-order chi connectivity index (χ1) is 9.70. The number of ether oxygens (including phenoxy) is 1. The fourth-order valence-corrected chi connectivity index (χ4v) is 2.21. The third-order valence-corrected chi connectivity index (χ3v) is 3.37. The lowest BCUT2D eigenvalue weighted by molar-refractivity contribution is -0.118. The molecule has 0 radical (unpaired) electrons. The first-order valence-corrected chi connectivity index (χ1v) is 7.05. The molecule has 0 saturated carbocycles. The molecule has 0 aliphatic heterocycles. The number of para-hydroxylation sites is 1. The van der Waals surface area contributed by atoms with E-state index in [1.807, 2.05) is 51.1 Å². The molecule has 0 amide bonds. The van der Waals surface area contributed by atoms with Crippen LogP contribution in [0, 0.1) is 0 Å². The van der Waals surface area contributed by atoms with Crippen LogP contribution in [-0.4, -0.2) is 22.0 Å². The van der Waals surface area contributed by atoms with Crippen LogP contribution >= 0.6 is 0 Å². The van der Waals surface area contributed by atoms with Gasteiger partial charge < -0.3 is 4.74 Å². The summed E-state index contributed by atoms with van der Waals surface area (Å²) in [6.45, 7) is 8.80. The Hall–Kier alpha value is -2.10. The van der Waals surface area contributed by atoms with Crippen LogP contribution in [0.15, 0.2) is 30.3 Å². The lowest BCUT2D eigenvalue weighted by atomic mass is 10.0. The zero-order chi connectivity index (χ0) is 15.8. The summed E-state index contributed by atoms with van der Waals surface area (Å²) in [5, 5.41) is 0.923. The number of carbonyl (C=O) groups is 2. The Balaban J connectivity index is 2.61. The average molecular weight is 287 g/mol. The van der Waals surface area contributed by atoms with E-state index < -0.39 is 11.7 Å². The molecule has 0 bridgehead atoms. The van der Waals surface area contributed by atoms with Gasteiger partial charge in [-0.25, -0.2) is 9.36 Å². The van der Waals surface area contributed by atoms with E-state index in [1.165, 1.54) is 11.5 Å². The monoisotopic (exact) mass is 287 g/mol. The fraction of sp³-hybridized carbons (Fsp3) is 0.412. The van der Waals surface area contributed by atoms with E-state index in [-0.39, 0.29) is 11.7 Å². The lowest BCUT2D eigenvalue weighted by Gasteiger charge is -2.21. The van der Waals surface area contributed by atoms with Crippen LogP contribution in [0.4, 0.5) is 4.79 Å². The first-order valence-electron chi connectivity index (χ1n) is 7.05. The van der Waals surface area contributed by atoms with Gasteiger partial charge >= 0.3 is 6.09 Å². The molecule has 2 aromatic rings. The Labute approximate surface area is 124 Å². The highest BCUT2D eigenvalue weighted by molar-refractivity contribution is 5.94. The van der Waals surface area contributed by atoms with Crippen molar-refractivity contribution in [2.24, 2.45) is 0 Å². The molecule has 0 aliphatic rings. The Bertz CT molecular complexity index is 692. The second-order valence-corrected chi connectivity index (χ2v) is 6.28. The maximum Gasteiger partial charge on any atom is 0.419 e. The Morgan fingerprint density at radius 2 is 1.81 bits per heavy atom. The zero-order valence-corrected chi connectivity index (χ0v) is 13.1. The number of hydrogen-bond acceptors (Lipinski definition) is 3. The molecule has 2 rings (SSSR count). The van der Waals surface area contributed by atoms with Crippen molar-refractivity contribution in [3.05, 3.63) is 36.0 Å². The van der Waals surface area contributed by atoms with Crippen LogP contribution in [0.3, 0.4) is 0 Å². The Kier molecular flexibility index (Phi) is 3.90. The summed E-state index contributed by atoms with van der Waals surface area (Å²) in [7, 11) is 0. The Morgan fingerprint density at radius 1 is 1.19 bits per heavy atom. The minimum absolute atomic E-state index is 0.0163. The summed E-state index contributed by atoms with van der Waals surface area (Å²) in [6, 6.07) is 9.43. The van der Waals surface area contributed by atoms with Gasteiger partial charge in [-0.1, -0.05) is 18.2 Å². The molecule has 4 heteroatoms. The number of ketones is 1. The lowest BCUT2D eigenvalue weighted by Crippen LogP contribution is -2.28. The predicted octanol–water partition coefficient (Wildman–Crippen LogP) is 4.12. The summed E-state index contributed by atoms with van der Waals surface area (Å²) in [6.07, 6.45) is -0.452. The maximum atomic E-state index is 12.5. The molecule has 0 fully saturated rings. The number of fused-ring (bicyclic) bond motifs is 1. The minimum atomic E-state index is -0.584. The van der Waals surface area contributed by atoms with Gasteiger partial charge in [0.25, 0.3) is 0 Å². The van der Waals surface area contributed by atoms with E-state index in [0.717, 1.165) is 10.9 Å². The van der Waals surface area contributed by atoms with Gasteiger partial charge in [-0.3, -0.25) is 4.79 Å². The van der Waals surface area contributed by atoms with E-state index in [9.17, 15) is 9.59 Å². The highest BCUT2D eigenvalue weighted by atomic mass is 16.6. The number of rotatable bonds is 2. The molecule has 1 aromatic heterocycles. The molecule has 112 valence electrons. The van der Waals surface area contributed by atoms with Gasteiger partial charge in [-0.15, -0.1) is 0 Å². The van der Waals surface area contributed by atoms with Crippen molar-refractivity contribution in [2.75, 3.05) is 0 Å². The molecule has 1 atom stereocenters. The van der Waals surface area contributed by atoms with Crippen molar-refractivity contribution >= 4 is 22.8 Å². The molecule has 0 saturated heterocycles. The smallest absolute Gasteiger partial charge is 0.419 e. The number of hydrogen-bond donors (Lipinski definition) is 0. The molecule has 0 spiro atoms. The van der Waals surface area contributed by atoms with Crippen LogP contribution in [0.1, 0.15) is 46.2 Å². The summed E-state index contributed by atoms with van der Waals surface area (Å²) < 4.78 is 6.98. The normalized spacial score (nSPS) is 13.2. The second-order valence-electron chi connectivity index (χ2n) is 6.28. The summed E-state index contributed by atoms with van der Waals surface area (Å²) in [5.74, 6) is -0.340. The van der Waals surface area contributed by atoms with Gasteiger partial charge in [-0.2, -0.15) is 0 Å². The number of aromatic nitrogens is 1. The first kappa shape index (κ1) is 15.3. The molecule has 1 heterocycles. The molecule has 0 N–H and O–H groups in total. The van der Waals surface area contributed by atoms with Crippen LogP contribution in [0.5, 0.6) is 0 Å². The number of Topliss-reactive ketones (excluding diaryl/α,β-unsaturated/α-hetero) is 1. The third kappa shape index (κ3) is 3.15. The molecule has 21 heavy (non-hydrogen) atoms. The molecular weight excluding hydrogens is 266 g/mol. The summed E-state index contributed by atoms with van der Waals surface area (Å²) in [5.41, 5.74) is 0.840. The van der Waals surface area contributed by atoms with Gasteiger partial charge in [-0.05, 0) is 46.8 Å². The third-order valence-electron chi connectivity index (χ3n) is 3.37. The van der Waals surface area contributed by atoms with Crippen LogP contribution < -0.4 is 0 Å². The zero-order valence-electron chi connectivity index (χ0n) is 13.1. The quantitative estimate of drug-likeness (QED) is 0.835. The van der Waals surface area contributed by atoms with Crippen molar-refractivity contribution in [1.82, 2.24) is 4.57 Å². The molecule has 4 nitrogen and oxygen atoms in total. The molecule has 0 unspecified atom stereocenters. The summed E-state index contributed by atoms with van der Waals surface area (Å²) in [4.78, 5) is 24.2. The number of carbonyl (C=O) groups excluding carboxylic acids is 2. The van der Waals surface area contributed by atoms with E-state index in [1.54, 1.807) is 6.92 Å². The van der Waals surface area contributed by atoms with E-state index in [4.69, 9.17) is 4.74 Å². The topological polar surface area (TPSA) is 48.3 Å². The van der Waals surface area contributed by atoms with Gasteiger partial charge in [0, 0.05) is 11.1 Å². The Morgan fingerprint density at radius 3 is 2.38 bits per heavy atom. The van der Waals surface area contributed by atoms with Crippen molar-refractivity contribution in [3.63, 3.8) is 0 Å². The highest BCUT2D eigenvalue weighted by Crippen LogP contribution is 2.27. The van der Waals surface area contributed by atoms with Crippen molar-refractivity contribution in [3.8, 4) is 0 Å². The SMILES string of the molecule is CC(=O)[C@H](C)c1cc2ccccc2n1C(=O)OC(C)(C)C. The number of benzene rings is 1. The van der Waals surface area contributed by atoms with E-state index in [2.05, 4.69) is 0 Å². The average Bonchev–Trinajstić information content (AvgIpc) is 2.74. The van der Waals surface area contributed by atoms with Gasteiger partial charge in [0.2, 0.25) is 0 Å². The molecular formula is C17H21NO3. The standard InChI is InChI=1S/C17H21NO3/c1-11(12(2)19)15-10-13-8-6-7-9-14(13)18(15)16(20)21-17(3,4)5/h6-11H,1-5H3/t11-/m0/s1. The van der Waals surface area contributed by atoms with Gasteiger partial charge in [0.1, 0.15) is 11.4 Å². The fourth-order valence-electron chi connectivity index (χ4n) is 2.21. The second kappa shape index (κ2) is 5.35. The van der Waals surface area contributed by atoms with Crippen molar-refractivity contribution in [1.29, 1.82) is 0 Å². The highest BCUT2D eigenvalue weighted by Gasteiger charge is 2.25.